The minimum atomic E-state index is -5.41. The van der Waals surface area contributed by atoms with Gasteiger partial charge in [-0.2, -0.15) is 13.2 Å². The van der Waals surface area contributed by atoms with E-state index in [2.05, 4.69) is 5.32 Å². The lowest BCUT2D eigenvalue weighted by atomic mass is 9.79. The van der Waals surface area contributed by atoms with E-state index in [1.54, 1.807) is 0 Å². The molecule has 0 spiro atoms. The van der Waals surface area contributed by atoms with E-state index in [9.17, 15) is 32.3 Å². The molecule has 7 nitrogen and oxygen atoms in total. The van der Waals surface area contributed by atoms with E-state index in [1.807, 2.05) is 6.92 Å². The molecule has 11 heteroatoms. The van der Waals surface area contributed by atoms with Gasteiger partial charge in [-0.1, -0.05) is 19.1 Å². The smallest absolute Gasteiger partial charge is 0.437 e. The Morgan fingerprint density at radius 1 is 1.14 bits per heavy atom. The number of ketones is 1. The van der Waals surface area contributed by atoms with Gasteiger partial charge in [0.05, 0.1) is 6.61 Å². The van der Waals surface area contributed by atoms with E-state index < -0.39 is 41.5 Å². The SMILES string of the molecule is CCCOc1ccc(C(=O)[C@@H]2[C@H](c3ccc(-c4cccc(F)c4)o3)NC(=O)N[C@]2(O)C(F)(F)F)cc1. The third-order valence-corrected chi connectivity index (χ3v) is 5.74. The van der Waals surface area contributed by atoms with Crippen molar-refractivity contribution in [3.63, 3.8) is 0 Å². The largest absolute Gasteiger partial charge is 0.494 e. The number of ether oxygens (including phenoxy) is 1. The number of benzene rings is 2. The second-order valence-corrected chi connectivity index (χ2v) is 8.27. The Kier molecular flexibility index (Phi) is 6.77. The molecule has 0 unspecified atom stereocenters. The van der Waals surface area contributed by atoms with Gasteiger partial charge < -0.3 is 24.9 Å². The van der Waals surface area contributed by atoms with E-state index in [1.165, 1.54) is 59.9 Å². The molecule has 0 saturated carbocycles. The van der Waals surface area contributed by atoms with Crippen LogP contribution in [-0.2, 0) is 0 Å². The van der Waals surface area contributed by atoms with Crippen LogP contribution in [0.15, 0.2) is 65.1 Å². The number of rotatable bonds is 7. The highest BCUT2D eigenvalue weighted by atomic mass is 19.4. The predicted octanol–water partition coefficient (Wildman–Crippen LogP) is 4.98. The second-order valence-electron chi connectivity index (χ2n) is 8.27. The summed E-state index contributed by atoms with van der Waals surface area (Å²) in [4.78, 5) is 25.6. The van der Waals surface area contributed by atoms with Gasteiger partial charge in [-0.3, -0.25) is 4.79 Å². The van der Waals surface area contributed by atoms with Gasteiger partial charge in [0, 0.05) is 11.1 Å². The first kappa shape index (κ1) is 25.2. The van der Waals surface area contributed by atoms with Crippen molar-refractivity contribution in [2.45, 2.75) is 31.3 Å². The molecule has 190 valence electrons. The number of amides is 2. The summed E-state index contributed by atoms with van der Waals surface area (Å²) in [5.74, 6) is -3.64. The lowest BCUT2D eigenvalue weighted by Gasteiger charge is -2.44. The number of furan rings is 1. The van der Waals surface area contributed by atoms with Gasteiger partial charge in [-0.25, -0.2) is 9.18 Å². The Labute approximate surface area is 203 Å². The minimum Gasteiger partial charge on any atom is -0.494 e. The molecule has 0 aliphatic carbocycles. The van der Waals surface area contributed by atoms with Crippen molar-refractivity contribution in [1.29, 1.82) is 0 Å². The summed E-state index contributed by atoms with van der Waals surface area (Å²) in [6, 6.07) is 10.3. The Morgan fingerprint density at radius 2 is 1.86 bits per heavy atom. The highest BCUT2D eigenvalue weighted by Gasteiger charge is 2.66. The van der Waals surface area contributed by atoms with Crippen molar-refractivity contribution in [3.05, 3.63) is 77.8 Å². The lowest BCUT2D eigenvalue weighted by Crippen LogP contribution is -2.72. The fourth-order valence-electron chi connectivity index (χ4n) is 4.01. The van der Waals surface area contributed by atoms with Crippen LogP contribution in [0.2, 0.25) is 0 Å². The van der Waals surface area contributed by atoms with Crippen molar-refractivity contribution in [3.8, 4) is 17.1 Å². The summed E-state index contributed by atoms with van der Waals surface area (Å²) in [5.41, 5.74) is -3.76. The summed E-state index contributed by atoms with van der Waals surface area (Å²) in [5, 5.41) is 14.4. The van der Waals surface area contributed by atoms with Gasteiger partial charge in [0.25, 0.3) is 0 Å². The van der Waals surface area contributed by atoms with Gasteiger partial charge in [0.2, 0.25) is 5.72 Å². The van der Waals surface area contributed by atoms with E-state index in [-0.39, 0.29) is 22.6 Å². The van der Waals surface area contributed by atoms with Crippen LogP contribution in [0, 0.1) is 11.7 Å². The summed E-state index contributed by atoms with van der Waals surface area (Å²) in [7, 11) is 0. The standard InChI is InChI=1S/C25H22F4N2O5/c1-2-12-35-17-8-6-14(7-9-17)22(32)20-21(30-23(33)31-24(20,34)25(27,28)29)19-11-10-18(36-19)15-4-3-5-16(26)13-15/h3-11,13,20-21,34H,2,12H2,1H3,(H2,30,31,33)/t20-,21-,24+/m0/s1. The molecule has 1 aliphatic heterocycles. The average Bonchev–Trinajstić information content (AvgIpc) is 3.32. The van der Waals surface area contributed by atoms with Crippen LogP contribution in [0.1, 0.15) is 35.5 Å². The molecule has 1 aliphatic rings. The number of carbonyl (C=O) groups excluding carboxylic acids is 2. The maximum atomic E-state index is 14.1. The van der Waals surface area contributed by atoms with Crippen LogP contribution in [0.25, 0.3) is 11.3 Å². The fraction of sp³-hybridized carbons (Fsp3) is 0.280. The molecule has 1 aromatic heterocycles. The number of halogens is 4. The topological polar surface area (TPSA) is 101 Å². The Bertz CT molecular complexity index is 1260. The van der Waals surface area contributed by atoms with Gasteiger partial charge in [0.1, 0.15) is 35.0 Å². The number of nitrogens with one attached hydrogen (secondary N) is 2. The lowest BCUT2D eigenvalue weighted by molar-refractivity contribution is -0.288. The van der Waals surface area contributed by atoms with Gasteiger partial charge >= 0.3 is 12.2 Å². The third-order valence-electron chi connectivity index (χ3n) is 5.74. The Morgan fingerprint density at radius 3 is 2.50 bits per heavy atom. The zero-order valence-corrected chi connectivity index (χ0v) is 18.9. The van der Waals surface area contributed by atoms with E-state index >= 15 is 0 Å². The summed E-state index contributed by atoms with van der Waals surface area (Å²) in [6.45, 7) is 2.31. The molecule has 2 heterocycles. The molecule has 4 rings (SSSR count). The zero-order chi connectivity index (χ0) is 26.1. The monoisotopic (exact) mass is 506 g/mol. The molecule has 36 heavy (non-hydrogen) atoms. The summed E-state index contributed by atoms with van der Waals surface area (Å²) in [6.07, 6.45) is -4.68. The molecule has 3 N–H and O–H groups in total. The van der Waals surface area contributed by atoms with Gasteiger partial charge in [0.15, 0.2) is 5.78 Å². The first-order valence-electron chi connectivity index (χ1n) is 11.0. The molecule has 1 saturated heterocycles. The number of hydrogen-bond acceptors (Lipinski definition) is 5. The summed E-state index contributed by atoms with van der Waals surface area (Å²) < 4.78 is 67.0. The summed E-state index contributed by atoms with van der Waals surface area (Å²) >= 11 is 0. The number of carbonyl (C=O) groups is 2. The third kappa shape index (κ3) is 4.78. The average molecular weight is 506 g/mol. The Balaban J connectivity index is 1.75. The highest BCUT2D eigenvalue weighted by Crippen LogP contribution is 2.44. The van der Waals surface area contributed by atoms with E-state index in [0.29, 0.717) is 12.4 Å². The van der Waals surface area contributed by atoms with Crippen molar-refractivity contribution in [2.24, 2.45) is 5.92 Å². The number of aliphatic hydroxyl groups is 1. The van der Waals surface area contributed by atoms with Gasteiger partial charge in [-0.15, -0.1) is 0 Å². The van der Waals surface area contributed by atoms with Crippen molar-refractivity contribution in [1.82, 2.24) is 10.6 Å². The molecule has 0 bridgehead atoms. The van der Waals surface area contributed by atoms with Crippen LogP contribution in [-0.4, -0.2) is 35.4 Å². The van der Waals surface area contributed by atoms with Crippen molar-refractivity contribution in [2.75, 3.05) is 6.61 Å². The normalized spacial score (nSPS) is 22.0. The van der Waals surface area contributed by atoms with E-state index in [0.717, 1.165) is 12.5 Å². The molecule has 1 fully saturated rings. The molecule has 2 amide bonds. The maximum Gasteiger partial charge on any atom is 0.437 e. The quantitative estimate of drug-likeness (QED) is 0.310. The molecule has 3 atom stereocenters. The minimum absolute atomic E-state index is 0.0939. The van der Waals surface area contributed by atoms with Gasteiger partial charge in [-0.05, 0) is 55.0 Å². The first-order chi connectivity index (χ1) is 17.0. The second kappa shape index (κ2) is 9.65. The predicted molar refractivity (Wildman–Crippen MR) is 120 cm³/mol. The molecular weight excluding hydrogens is 484 g/mol. The number of hydrogen-bond donors (Lipinski definition) is 3. The fourth-order valence-corrected chi connectivity index (χ4v) is 4.01. The Hall–Kier alpha value is -3.86. The van der Waals surface area contributed by atoms with E-state index in [4.69, 9.17) is 9.15 Å². The number of alkyl halides is 3. The number of Topliss-reactive ketones (excluding diaryl/α,β-unsaturated/α-hetero) is 1. The highest BCUT2D eigenvalue weighted by molar-refractivity contribution is 6.00. The molecule has 0 radical (unpaired) electrons. The molecule has 3 aromatic rings. The van der Waals surface area contributed by atoms with Crippen LogP contribution in [0.5, 0.6) is 5.75 Å². The van der Waals surface area contributed by atoms with Crippen LogP contribution >= 0.6 is 0 Å². The van der Waals surface area contributed by atoms with Crippen LogP contribution in [0.3, 0.4) is 0 Å². The molecular formula is C25H22F4N2O5. The first-order valence-corrected chi connectivity index (χ1v) is 11.0. The van der Waals surface area contributed by atoms with Crippen molar-refractivity contribution >= 4 is 11.8 Å². The number of urea groups is 1. The van der Waals surface area contributed by atoms with Crippen LogP contribution < -0.4 is 15.4 Å². The zero-order valence-electron chi connectivity index (χ0n) is 18.9. The molecule has 2 aromatic carbocycles. The van der Waals surface area contributed by atoms with Crippen molar-refractivity contribution < 1.29 is 41.4 Å². The maximum absolute atomic E-state index is 14.1. The van der Waals surface area contributed by atoms with Crippen LogP contribution in [0.4, 0.5) is 22.4 Å².